The highest BCUT2D eigenvalue weighted by Crippen LogP contribution is 2.37. The van der Waals surface area contributed by atoms with Crippen LogP contribution in [0, 0.1) is 5.92 Å². The summed E-state index contributed by atoms with van der Waals surface area (Å²) in [6, 6.07) is 19.4. The largest absolute Gasteiger partial charge is 0.299 e. The lowest BCUT2D eigenvalue weighted by Crippen LogP contribution is -2.20. The van der Waals surface area contributed by atoms with Crippen LogP contribution >= 0.6 is 0 Å². The topological polar surface area (TPSA) is 34.1 Å². The number of hydrogen-bond acceptors (Lipinski definition) is 2. The van der Waals surface area contributed by atoms with E-state index >= 15 is 0 Å². The Kier molecular flexibility index (Phi) is 4.47. The Morgan fingerprint density at radius 2 is 1.64 bits per heavy atom. The highest BCUT2D eigenvalue weighted by Gasteiger charge is 2.34. The summed E-state index contributed by atoms with van der Waals surface area (Å²) in [6.07, 6.45) is 2.92. The SMILES string of the molecule is O=C(C[C@@H](c1ccccc1)[C@@H]1CCCC1=O)c1ccccc1. The van der Waals surface area contributed by atoms with E-state index < -0.39 is 0 Å². The van der Waals surface area contributed by atoms with Crippen LogP contribution < -0.4 is 0 Å². The fraction of sp³-hybridized carbons (Fsp3) is 0.300. The van der Waals surface area contributed by atoms with Crippen molar-refractivity contribution in [2.75, 3.05) is 0 Å². The Morgan fingerprint density at radius 1 is 1.00 bits per heavy atom. The summed E-state index contributed by atoms with van der Waals surface area (Å²) in [6.45, 7) is 0. The zero-order valence-corrected chi connectivity index (χ0v) is 12.6. The van der Waals surface area contributed by atoms with Gasteiger partial charge in [0.05, 0.1) is 0 Å². The van der Waals surface area contributed by atoms with Crippen LogP contribution in [0.25, 0.3) is 0 Å². The van der Waals surface area contributed by atoms with Gasteiger partial charge in [0.2, 0.25) is 0 Å². The van der Waals surface area contributed by atoms with Crippen molar-refractivity contribution in [3.63, 3.8) is 0 Å². The summed E-state index contributed by atoms with van der Waals surface area (Å²) in [5, 5.41) is 0. The number of rotatable bonds is 5. The first-order valence-electron chi connectivity index (χ1n) is 7.91. The fourth-order valence-electron chi connectivity index (χ4n) is 3.40. The molecule has 2 nitrogen and oxygen atoms in total. The van der Waals surface area contributed by atoms with Gasteiger partial charge in [-0.25, -0.2) is 0 Å². The molecule has 0 heterocycles. The molecule has 3 rings (SSSR count). The molecule has 0 spiro atoms. The van der Waals surface area contributed by atoms with Gasteiger partial charge in [-0.3, -0.25) is 9.59 Å². The van der Waals surface area contributed by atoms with Crippen LogP contribution in [0.2, 0.25) is 0 Å². The summed E-state index contributed by atoms with van der Waals surface area (Å²) in [5.41, 5.74) is 1.83. The normalized spacial score (nSPS) is 19.1. The van der Waals surface area contributed by atoms with Crippen molar-refractivity contribution in [3.05, 3.63) is 71.8 Å². The number of Topliss-reactive ketones (excluding diaryl/α,β-unsaturated/α-hetero) is 2. The molecule has 0 unspecified atom stereocenters. The van der Waals surface area contributed by atoms with Crippen molar-refractivity contribution in [3.8, 4) is 0 Å². The Bertz CT molecular complexity index is 646. The van der Waals surface area contributed by atoms with E-state index in [9.17, 15) is 9.59 Å². The molecule has 0 N–H and O–H groups in total. The Hall–Kier alpha value is -2.22. The second-order valence-corrected chi connectivity index (χ2v) is 5.98. The molecule has 2 aromatic rings. The van der Waals surface area contributed by atoms with Gasteiger partial charge < -0.3 is 0 Å². The van der Waals surface area contributed by atoms with Crippen molar-refractivity contribution in [2.45, 2.75) is 31.6 Å². The van der Waals surface area contributed by atoms with Crippen molar-refractivity contribution in [2.24, 2.45) is 5.92 Å². The monoisotopic (exact) mass is 292 g/mol. The third-order valence-electron chi connectivity index (χ3n) is 4.57. The summed E-state index contributed by atoms with van der Waals surface area (Å²) in [4.78, 5) is 24.8. The summed E-state index contributed by atoms with van der Waals surface area (Å²) >= 11 is 0. The zero-order chi connectivity index (χ0) is 15.4. The molecule has 0 aromatic heterocycles. The van der Waals surface area contributed by atoms with Crippen LogP contribution in [0.1, 0.15) is 47.5 Å². The van der Waals surface area contributed by atoms with Gasteiger partial charge in [-0.15, -0.1) is 0 Å². The lowest BCUT2D eigenvalue weighted by atomic mass is 9.80. The molecular weight excluding hydrogens is 272 g/mol. The maximum Gasteiger partial charge on any atom is 0.163 e. The summed E-state index contributed by atoms with van der Waals surface area (Å²) in [7, 11) is 0. The van der Waals surface area contributed by atoms with Crippen LogP contribution in [0.15, 0.2) is 60.7 Å². The van der Waals surface area contributed by atoms with Crippen LogP contribution in [0.3, 0.4) is 0 Å². The van der Waals surface area contributed by atoms with Crippen LogP contribution in [0.4, 0.5) is 0 Å². The third-order valence-corrected chi connectivity index (χ3v) is 4.57. The van der Waals surface area contributed by atoms with Gasteiger partial charge in [-0.1, -0.05) is 60.7 Å². The molecule has 22 heavy (non-hydrogen) atoms. The molecular formula is C20H20O2. The first-order chi connectivity index (χ1) is 10.8. The summed E-state index contributed by atoms with van der Waals surface area (Å²) in [5.74, 6) is 0.433. The van der Waals surface area contributed by atoms with Gasteiger partial charge in [0.15, 0.2) is 5.78 Å². The van der Waals surface area contributed by atoms with E-state index in [1.165, 1.54) is 0 Å². The van der Waals surface area contributed by atoms with Crippen molar-refractivity contribution in [1.29, 1.82) is 0 Å². The molecule has 112 valence electrons. The van der Waals surface area contributed by atoms with Gasteiger partial charge in [0.1, 0.15) is 5.78 Å². The predicted octanol–water partition coefficient (Wildman–Crippen LogP) is 4.41. The van der Waals surface area contributed by atoms with Crippen LogP contribution in [-0.4, -0.2) is 11.6 Å². The average molecular weight is 292 g/mol. The Labute approximate surface area is 131 Å². The molecule has 0 bridgehead atoms. The fourth-order valence-corrected chi connectivity index (χ4v) is 3.40. The molecule has 1 aliphatic carbocycles. The number of benzene rings is 2. The van der Waals surface area contributed by atoms with Gasteiger partial charge in [0, 0.05) is 30.2 Å². The lowest BCUT2D eigenvalue weighted by molar-refractivity contribution is -0.121. The maximum atomic E-state index is 12.6. The molecule has 0 amide bonds. The lowest BCUT2D eigenvalue weighted by Gasteiger charge is -2.22. The molecule has 0 radical (unpaired) electrons. The third kappa shape index (κ3) is 3.16. The molecule has 2 atom stereocenters. The number of hydrogen-bond donors (Lipinski definition) is 0. The summed E-state index contributed by atoms with van der Waals surface area (Å²) < 4.78 is 0. The molecule has 2 heteroatoms. The van der Waals surface area contributed by atoms with E-state index in [1.807, 2.05) is 60.7 Å². The first-order valence-corrected chi connectivity index (χ1v) is 7.91. The highest BCUT2D eigenvalue weighted by molar-refractivity contribution is 5.97. The molecule has 1 aliphatic rings. The van der Waals surface area contributed by atoms with E-state index in [2.05, 4.69) is 0 Å². The first kappa shape index (κ1) is 14.7. The molecule has 0 saturated heterocycles. The quantitative estimate of drug-likeness (QED) is 0.765. The van der Waals surface area contributed by atoms with Gasteiger partial charge >= 0.3 is 0 Å². The van der Waals surface area contributed by atoms with Crippen molar-refractivity contribution < 1.29 is 9.59 Å². The van der Waals surface area contributed by atoms with Crippen molar-refractivity contribution in [1.82, 2.24) is 0 Å². The van der Waals surface area contributed by atoms with E-state index in [0.29, 0.717) is 18.6 Å². The number of ketones is 2. The molecule has 0 aliphatic heterocycles. The van der Waals surface area contributed by atoms with Gasteiger partial charge in [-0.2, -0.15) is 0 Å². The Morgan fingerprint density at radius 3 is 2.23 bits per heavy atom. The van der Waals surface area contributed by atoms with E-state index in [0.717, 1.165) is 24.0 Å². The van der Waals surface area contributed by atoms with Crippen molar-refractivity contribution >= 4 is 11.6 Å². The van der Waals surface area contributed by atoms with E-state index in [1.54, 1.807) is 0 Å². The van der Waals surface area contributed by atoms with E-state index in [-0.39, 0.29) is 17.6 Å². The highest BCUT2D eigenvalue weighted by atomic mass is 16.1. The number of carbonyl (C=O) groups excluding carboxylic acids is 2. The minimum absolute atomic E-state index is 0.00362. The zero-order valence-electron chi connectivity index (χ0n) is 12.6. The van der Waals surface area contributed by atoms with Crippen LogP contribution in [0.5, 0.6) is 0 Å². The van der Waals surface area contributed by atoms with Crippen LogP contribution in [-0.2, 0) is 4.79 Å². The molecule has 1 fully saturated rings. The van der Waals surface area contributed by atoms with E-state index in [4.69, 9.17) is 0 Å². The van der Waals surface area contributed by atoms with Gasteiger partial charge in [0.25, 0.3) is 0 Å². The van der Waals surface area contributed by atoms with Gasteiger partial charge in [-0.05, 0) is 18.4 Å². The minimum Gasteiger partial charge on any atom is -0.299 e. The molecule has 2 aromatic carbocycles. The second-order valence-electron chi connectivity index (χ2n) is 5.98. The predicted molar refractivity (Wildman–Crippen MR) is 86.9 cm³/mol. The molecule has 1 saturated carbocycles. The minimum atomic E-state index is -0.00457. The Balaban J connectivity index is 1.86. The average Bonchev–Trinajstić information content (AvgIpc) is 3.00. The number of carbonyl (C=O) groups is 2. The standard InChI is InChI=1S/C20H20O2/c21-19-13-7-12-17(19)18(15-8-3-1-4-9-15)14-20(22)16-10-5-2-6-11-16/h1-6,8-11,17-18H,7,12-14H2/t17-,18-/m0/s1. The smallest absolute Gasteiger partial charge is 0.163 e. The second kappa shape index (κ2) is 6.69. The maximum absolute atomic E-state index is 12.6.